The smallest absolute Gasteiger partial charge is 0.157 e. The second-order valence-electron chi connectivity index (χ2n) is 5.98. The lowest BCUT2D eigenvalue weighted by Gasteiger charge is -2.38. The molecule has 1 saturated heterocycles. The second kappa shape index (κ2) is 6.05. The van der Waals surface area contributed by atoms with Gasteiger partial charge in [-0.25, -0.2) is 0 Å². The van der Waals surface area contributed by atoms with Crippen molar-refractivity contribution in [2.45, 2.75) is 50.2 Å². The number of hydrogen-bond acceptors (Lipinski definition) is 4. The molecule has 2 aliphatic rings. The molecular weight excluding hydrogens is 266 g/mol. The molecule has 0 bridgehead atoms. The lowest BCUT2D eigenvalue weighted by atomic mass is 9.62. The van der Waals surface area contributed by atoms with Gasteiger partial charge in [-0.2, -0.15) is 5.26 Å². The van der Waals surface area contributed by atoms with E-state index >= 15 is 0 Å². The maximum atomic E-state index is 9.52. The van der Waals surface area contributed by atoms with E-state index in [9.17, 15) is 10.4 Å². The molecule has 21 heavy (non-hydrogen) atoms. The van der Waals surface area contributed by atoms with Gasteiger partial charge in [0.2, 0.25) is 0 Å². The normalized spacial score (nSPS) is 27.5. The Hall–Kier alpha value is -1.57. The van der Waals surface area contributed by atoms with Crippen molar-refractivity contribution in [1.29, 1.82) is 5.26 Å². The van der Waals surface area contributed by atoms with Gasteiger partial charge in [0.05, 0.1) is 11.5 Å². The fraction of sp³-hybridized carbons (Fsp3) is 0.588. The molecule has 0 amide bonds. The van der Waals surface area contributed by atoms with Crippen LogP contribution in [0.1, 0.15) is 43.2 Å². The Balaban J connectivity index is 1.50. The number of phenols is 1. The number of hydrogen-bond donors (Lipinski definition) is 1. The summed E-state index contributed by atoms with van der Waals surface area (Å²) in [5, 5.41) is 19.0. The zero-order chi connectivity index (χ0) is 14.7. The molecule has 1 heterocycles. The Morgan fingerprint density at radius 3 is 3.05 bits per heavy atom. The Labute approximate surface area is 125 Å². The van der Waals surface area contributed by atoms with Crippen LogP contribution < -0.4 is 0 Å². The summed E-state index contributed by atoms with van der Waals surface area (Å²) in [6.45, 7) is 1.44. The molecule has 4 nitrogen and oxygen atoms in total. The van der Waals surface area contributed by atoms with E-state index in [0.29, 0.717) is 6.61 Å². The molecule has 1 aromatic carbocycles. The fourth-order valence-electron chi connectivity index (χ4n) is 3.32. The summed E-state index contributed by atoms with van der Waals surface area (Å²) in [7, 11) is 0. The van der Waals surface area contributed by atoms with Crippen LogP contribution in [-0.4, -0.2) is 24.6 Å². The quantitative estimate of drug-likeness (QED) is 0.846. The molecular formula is C17H21NO3. The van der Waals surface area contributed by atoms with Gasteiger partial charge in [-0.3, -0.25) is 0 Å². The molecule has 1 N–H and O–H groups in total. The lowest BCUT2D eigenvalue weighted by Crippen LogP contribution is -2.37. The Morgan fingerprint density at radius 1 is 1.43 bits per heavy atom. The van der Waals surface area contributed by atoms with Gasteiger partial charge in [-0.1, -0.05) is 6.07 Å². The fourth-order valence-corrected chi connectivity index (χ4v) is 3.32. The topological polar surface area (TPSA) is 62.5 Å². The minimum absolute atomic E-state index is 0.0533. The van der Waals surface area contributed by atoms with Crippen molar-refractivity contribution in [1.82, 2.24) is 0 Å². The maximum Gasteiger partial charge on any atom is 0.157 e. The molecule has 1 aromatic rings. The average molecular weight is 287 g/mol. The van der Waals surface area contributed by atoms with Crippen LogP contribution in [0.2, 0.25) is 0 Å². The average Bonchev–Trinajstić information content (AvgIpc) is 2.49. The van der Waals surface area contributed by atoms with Crippen LogP contribution >= 0.6 is 0 Å². The van der Waals surface area contributed by atoms with E-state index in [4.69, 9.17) is 9.47 Å². The molecule has 0 saturated carbocycles. The minimum Gasteiger partial charge on any atom is -0.508 e. The van der Waals surface area contributed by atoms with Crippen molar-refractivity contribution in [3.05, 3.63) is 29.3 Å². The molecule has 3 rings (SSSR count). The summed E-state index contributed by atoms with van der Waals surface area (Å²) in [6.07, 6.45) is 5.60. The van der Waals surface area contributed by atoms with Crippen LogP contribution in [0.5, 0.6) is 5.75 Å². The van der Waals surface area contributed by atoms with Crippen LogP contribution in [0.15, 0.2) is 18.2 Å². The van der Waals surface area contributed by atoms with Gasteiger partial charge in [-0.05, 0) is 61.8 Å². The van der Waals surface area contributed by atoms with Crippen LogP contribution in [0, 0.1) is 11.3 Å². The molecule has 1 fully saturated rings. The van der Waals surface area contributed by atoms with E-state index < -0.39 is 0 Å². The summed E-state index contributed by atoms with van der Waals surface area (Å²) >= 11 is 0. The highest BCUT2D eigenvalue weighted by Crippen LogP contribution is 2.45. The standard InChI is InChI=1S/C17H21NO3/c18-12-17(11-13-10-14(19)5-6-15(13)17)7-3-9-21-16-4-1-2-8-20-16/h5-6,10,16,19H,1-4,7-9,11H2. The summed E-state index contributed by atoms with van der Waals surface area (Å²) in [6, 6.07) is 7.76. The van der Waals surface area contributed by atoms with Crippen molar-refractivity contribution in [3.8, 4) is 11.8 Å². The van der Waals surface area contributed by atoms with E-state index in [1.165, 1.54) is 6.42 Å². The number of benzene rings is 1. The van der Waals surface area contributed by atoms with Crippen LogP contribution in [0.4, 0.5) is 0 Å². The van der Waals surface area contributed by atoms with Crippen LogP contribution in [0.3, 0.4) is 0 Å². The highest BCUT2D eigenvalue weighted by molar-refractivity contribution is 5.52. The number of nitrogens with zero attached hydrogens (tertiary/aromatic N) is 1. The van der Waals surface area contributed by atoms with E-state index in [1.54, 1.807) is 12.1 Å². The second-order valence-corrected chi connectivity index (χ2v) is 5.98. The molecule has 4 heteroatoms. The number of rotatable bonds is 5. The minimum atomic E-state index is -0.389. The molecule has 0 aromatic heterocycles. The third-order valence-corrected chi connectivity index (χ3v) is 4.50. The van der Waals surface area contributed by atoms with Crippen molar-refractivity contribution >= 4 is 0 Å². The molecule has 112 valence electrons. The number of ether oxygens (including phenoxy) is 2. The van der Waals surface area contributed by atoms with E-state index in [-0.39, 0.29) is 17.5 Å². The van der Waals surface area contributed by atoms with Gasteiger partial charge in [0.25, 0.3) is 0 Å². The largest absolute Gasteiger partial charge is 0.508 e. The summed E-state index contributed by atoms with van der Waals surface area (Å²) in [4.78, 5) is 0. The third-order valence-electron chi connectivity index (χ3n) is 4.50. The number of phenolic OH excluding ortho intramolecular Hbond substituents is 1. The zero-order valence-corrected chi connectivity index (χ0v) is 12.2. The number of fused-ring (bicyclic) bond motifs is 1. The lowest BCUT2D eigenvalue weighted by molar-refractivity contribution is -0.163. The summed E-state index contributed by atoms with van der Waals surface area (Å²) in [5.41, 5.74) is 1.77. The SMILES string of the molecule is N#CC1(CCCOC2CCCCO2)Cc2cc(O)ccc21. The van der Waals surface area contributed by atoms with Gasteiger partial charge in [0.1, 0.15) is 5.75 Å². The molecule has 1 aliphatic heterocycles. The van der Waals surface area contributed by atoms with E-state index in [2.05, 4.69) is 6.07 Å². The van der Waals surface area contributed by atoms with Crippen LogP contribution in [0.25, 0.3) is 0 Å². The molecule has 0 spiro atoms. The van der Waals surface area contributed by atoms with Gasteiger partial charge in [0.15, 0.2) is 6.29 Å². The van der Waals surface area contributed by atoms with Crippen LogP contribution in [-0.2, 0) is 21.3 Å². The summed E-state index contributed by atoms with van der Waals surface area (Å²) in [5.74, 6) is 0.276. The van der Waals surface area contributed by atoms with Crippen molar-refractivity contribution < 1.29 is 14.6 Å². The highest BCUT2D eigenvalue weighted by atomic mass is 16.7. The first-order valence-electron chi connectivity index (χ1n) is 7.70. The first-order chi connectivity index (χ1) is 10.2. The predicted molar refractivity (Wildman–Crippen MR) is 77.9 cm³/mol. The highest BCUT2D eigenvalue weighted by Gasteiger charge is 2.42. The van der Waals surface area contributed by atoms with Gasteiger partial charge < -0.3 is 14.6 Å². The Morgan fingerprint density at radius 2 is 2.33 bits per heavy atom. The van der Waals surface area contributed by atoms with Gasteiger partial charge in [-0.15, -0.1) is 0 Å². The Kier molecular flexibility index (Phi) is 4.14. The molecule has 0 radical (unpaired) electrons. The van der Waals surface area contributed by atoms with E-state index in [0.717, 1.165) is 49.8 Å². The molecule has 2 unspecified atom stereocenters. The predicted octanol–water partition coefficient (Wildman–Crippen LogP) is 3.03. The maximum absolute atomic E-state index is 9.52. The Bertz CT molecular complexity index is 545. The summed E-state index contributed by atoms with van der Waals surface area (Å²) < 4.78 is 11.3. The van der Waals surface area contributed by atoms with Gasteiger partial charge in [0, 0.05) is 13.2 Å². The number of aromatic hydroxyl groups is 1. The molecule has 1 aliphatic carbocycles. The molecule has 2 atom stereocenters. The zero-order valence-electron chi connectivity index (χ0n) is 12.2. The van der Waals surface area contributed by atoms with Crippen molar-refractivity contribution in [2.75, 3.05) is 13.2 Å². The first kappa shape index (κ1) is 14.4. The monoisotopic (exact) mass is 287 g/mol. The van der Waals surface area contributed by atoms with Gasteiger partial charge >= 0.3 is 0 Å². The first-order valence-corrected chi connectivity index (χ1v) is 7.70. The van der Waals surface area contributed by atoms with E-state index in [1.807, 2.05) is 6.07 Å². The van der Waals surface area contributed by atoms with Crippen molar-refractivity contribution in [2.24, 2.45) is 0 Å². The third kappa shape index (κ3) is 2.90. The van der Waals surface area contributed by atoms with Crippen molar-refractivity contribution in [3.63, 3.8) is 0 Å². The number of nitriles is 1.